The lowest BCUT2D eigenvalue weighted by molar-refractivity contribution is 0.600. The number of halogens is 1. The summed E-state index contributed by atoms with van der Waals surface area (Å²) in [6, 6.07) is 6.74. The number of rotatable bonds is 4. The van der Waals surface area contributed by atoms with Crippen LogP contribution in [0.1, 0.15) is 31.1 Å². The average Bonchev–Trinajstić information content (AvgIpc) is 2.77. The summed E-state index contributed by atoms with van der Waals surface area (Å²) in [6.07, 6.45) is 0.923. The molecule has 2 nitrogen and oxygen atoms in total. The normalized spacial score (nSPS) is 12.4. The van der Waals surface area contributed by atoms with E-state index in [1.807, 2.05) is 18.4 Å². The van der Waals surface area contributed by atoms with Crippen LogP contribution in [0.2, 0.25) is 0 Å². The minimum absolute atomic E-state index is 0.0768. The summed E-state index contributed by atoms with van der Waals surface area (Å²) in [4.78, 5) is 4.41. The first-order valence-electron chi connectivity index (χ1n) is 5.66. The van der Waals surface area contributed by atoms with E-state index in [-0.39, 0.29) is 11.9 Å². The van der Waals surface area contributed by atoms with E-state index < -0.39 is 0 Å². The number of benzene rings is 1. The van der Waals surface area contributed by atoms with Crippen LogP contribution in [0.15, 0.2) is 29.6 Å². The van der Waals surface area contributed by atoms with Crippen molar-refractivity contribution in [1.82, 2.24) is 4.98 Å². The monoisotopic (exact) mass is 250 g/mol. The van der Waals surface area contributed by atoms with Crippen LogP contribution in [0.3, 0.4) is 0 Å². The molecule has 0 saturated carbocycles. The highest BCUT2D eigenvalue weighted by molar-refractivity contribution is 7.13. The first kappa shape index (κ1) is 12.0. The molecule has 1 unspecified atom stereocenters. The fourth-order valence-corrected chi connectivity index (χ4v) is 2.51. The molecule has 1 heterocycles. The van der Waals surface area contributed by atoms with Crippen molar-refractivity contribution in [3.8, 4) is 0 Å². The van der Waals surface area contributed by atoms with Crippen LogP contribution in [-0.4, -0.2) is 4.98 Å². The largest absolute Gasteiger partial charge is 0.355 e. The standard InChI is InChI=1S/C13H15FN2S/c1-3-10-8-17-13(16-10)15-9(2)11-6-4-5-7-12(11)14/h4-9H,3H2,1-2H3,(H,15,16). The van der Waals surface area contributed by atoms with Crippen molar-refractivity contribution in [2.45, 2.75) is 26.3 Å². The predicted octanol–water partition coefficient (Wildman–Crippen LogP) is 4.02. The molecule has 17 heavy (non-hydrogen) atoms. The highest BCUT2D eigenvalue weighted by atomic mass is 32.1. The summed E-state index contributed by atoms with van der Waals surface area (Å²) in [5.74, 6) is -0.181. The zero-order valence-corrected chi connectivity index (χ0v) is 10.7. The van der Waals surface area contributed by atoms with Crippen LogP contribution < -0.4 is 5.32 Å². The summed E-state index contributed by atoms with van der Waals surface area (Å²) in [6.45, 7) is 4.00. The van der Waals surface area contributed by atoms with Crippen LogP contribution in [0.5, 0.6) is 0 Å². The molecule has 2 rings (SSSR count). The van der Waals surface area contributed by atoms with Gasteiger partial charge in [-0.3, -0.25) is 0 Å². The van der Waals surface area contributed by atoms with Crippen LogP contribution in [-0.2, 0) is 6.42 Å². The number of thiazole rings is 1. The molecule has 0 aliphatic rings. The molecule has 4 heteroatoms. The third-order valence-corrected chi connectivity index (χ3v) is 3.45. The molecule has 0 spiro atoms. The van der Waals surface area contributed by atoms with Gasteiger partial charge in [-0.2, -0.15) is 0 Å². The third-order valence-electron chi connectivity index (χ3n) is 2.63. The van der Waals surface area contributed by atoms with Crippen molar-refractivity contribution in [2.24, 2.45) is 0 Å². The van der Waals surface area contributed by atoms with Crippen molar-refractivity contribution in [2.75, 3.05) is 5.32 Å². The van der Waals surface area contributed by atoms with E-state index in [2.05, 4.69) is 17.2 Å². The molecule has 2 aromatic rings. The zero-order chi connectivity index (χ0) is 12.3. The Labute approximate surface area is 105 Å². The first-order valence-corrected chi connectivity index (χ1v) is 6.54. The van der Waals surface area contributed by atoms with Gasteiger partial charge in [0, 0.05) is 10.9 Å². The lowest BCUT2D eigenvalue weighted by Crippen LogP contribution is -2.08. The Morgan fingerprint density at radius 1 is 1.41 bits per heavy atom. The van der Waals surface area contributed by atoms with Crippen LogP contribution in [0.25, 0.3) is 0 Å². The molecule has 1 aromatic heterocycles. The van der Waals surface area contributed by atoms with Crippen molar-refractivity contribution in [3.05, 3.63) is 46.7 Å². The van der Waals surface area contributed by atoms with E-state index >= 15 is 0 Å². The second-order valence-electron chi connectivity index (χ2n) is 3.89. The molecule has 90 valence electrons. The minimum Gasteiger partial charge on any atom is -0.355 e. The lowest BCUT2D eigenvalue weighted by Gasteiger charge is -2.13. The highest BCUT2D eigenvalue weighted by Gasteiger charge is 2.11. The van der Waals surface area contributed by atoms with Crippen LogP contribution in [0, 0.1) is 5.82 Å². The summed E-state index contributed by atoms with van der Waals surface area (Å²) >= 11 is 1.56. The zero-order valence-electron chi connectivity index (χ0n) is 9.90. The second kappa shape index (κ2) is 5.27. The average molecular weight is 250 g/mol. The Kier molecular flexibility index (Phi) is 3.74. The molecule has 0 aliphatic heterocycles. The minimum atomic E-state index is -0.181. The quantitative estimate of drug-likeness (QED) is 0.886. The topological polar surface area (TPSA) is 24.9 Å². The lowest BCUT2D eigenvalue weighted by atomic mass is 10.1. The Balaban J connectivity index is 2.11. The molecule has 0 bridgehead atoms. The van der Waals surface area contributed by atoms with E-state index in [1.165, 1.54) is 6.07 Å². The van der Waals surface area contributed by atoms with Gasteiger partial charge in [0.25, 0.3) is 0 Å². The van der Waals surface area contributed by atoms with E-state index in [0.717, 1.165) is 17.2 Å². The van der Waals surface area contributed by atoms with Gasteiger partial charge in [0.2, 0.25) is 0 Å². The molecule has 1 atom stereocenters. The van der Waals surface area contributed by atoms with Gasteiger partial charge in [0.05, 0.1) is 11.7 Å². The fourth-order valence-electron chi connectivity index (χ4n) is 1.62. The van der Waals surface area contributed by atoms with Crippen molar-refractivity contribution in [1.29, 1.82) is 0 Å². The Morgan fingerprint density at radius 3 is 2.82 bits per heavy atom. The van der Waals surface area contributed by atoms with Crippen molar-refractivity contribution in [3.63, 3.8) is 0 Å². The molecular formula is C13H15FN2S. The highest BCUT2D eigenvalue weighted by Crippen LogP contribution is 2.24. The van der Waals surface area contributed by atoms with Gasteiger partial charge < -0.3 is 5.32 Å². The SMILES string of the molecule is CCc1csc(NC(C)c2ccccc2F)n1. The number of hydrogen-bond donors (Lipinski definition) is 1. The number of nitrogens with one attached hydrogen (secondary N) is 1. The number of aromatic nitrogens is 1. The summed E-state index contributed by atoms with van der Waals surface area (Å²) in [7, 11) is 0. The molecular weight excluding hydrogens is 235 g/mol. The number of nitrogens with zero attached hydrogens (tertiary/aromatic N) is 1. The molecule has 0 amide bonds. The fraction of sp³-hybridized carbons (Fsp3) is 0.308. The Bertz CT molecular complexity index is 496. The Morgan fingerprint density at radius 2 is 2.18 bits per heavy atom. The molecule has 1 N–H and O–H groups in total. The smallest absolute Gasteiger partial charge is 0.183 e. The third kappa shape index (κ3) is 2.82. The maximum atomic E-state index is 13.6. The van der Waals surface area contributed by atoms with E-state index in [0.29, 0.717) is 5.56 Å². The molecule has 0 saturated heterocycles. The molecule has 0 aliphatic carbocycles. The maximum Gasteiger partial charge on any atom is 0.183 e. The van der Waals surface area contributed by atoms with Crippen molar-refractivity contribution < 1.29 is 4.39 Å². The van der Waals surface area contributed by atoms with Gasteiger partial charge in [0.15, 0.2) is 5.13 Å². The molecule has 0 fully saturated rings. The van der Waals surface area contributed by atoms with E-state index in [4.69, 9.17) is 0 Å². The maximum absolute atomic E-state index is 13.6. The van der Waals surface area contributed by atoms with Gasteiger partial charge >= 0.3 is 0 Å². The summed E-state index contributed by atoms with van der Waals surface area (Å²) in [5, 5.41) is 6.09. The Hall–Kier alpha value is -1.42. The van der Waals surface area contributed by atoms with Gasteiger partial charge in [-0.05, 0) is 19.4 Å². The van der Waals surface area contributed by atoms with E-state index in [1.54, 1.807) is 23.5 Å². The van der Waals surface area contributed by atoms with Crippen LogP contribution >= 0.6 is 11.3 Å². The van der Waals surface area contributed by atoms with Gasteiger partial charge in [0.1, 0.15) is 5.82 Å². The summed E-state index contributed by atoms with van der Waals surface area (Å²) in [5.41, 5.74) is 1.74. The molecule has 0 radical (unpaired) electrons. The van der Waals surface area contributed by atoms with Crippen LogP contribution in [0.4, 0.5) is 9.52 Å². The van der Waals surface area contributed by atoms with Crippen molar-refractivity contribution >= 4 is 16.5 Å². The molecule has 1 aromatic carbocycles. The predicted molar refractivity (Wildman–Crippen MR) is 69.9 cm³/mol. The first-order chi connectivity index (χ1) is 8.20. The number of anilines is 1. The number of hydrogen-bond acceptors (Lipinski definition) is 3. The van der Waals surface area contributed by atoms with Gasteiger partial charge in [-0.25, -0.2) is 9.37 Å². The van der Waals surface area contributed by atoms with E-state index in [9.17, 15) is 4.39 Å². The second-order valence-corrected chi connectivity index (χ2v) is 4.74. The van der Waals surface area contributed by atoms with Gasteiger partial charge in [-0.1, -0.05) is 25.1 Å². The number of aryl methyl sites for hydroxylation is 1. The summed E-state index contributed by atoms with van der Waals surface area (Å²) < 4.78 is 13.6. The van der Waals surface area contributed by atoms with Gasteiger partial charge in [-0.15, -0.1) is 11.3 Å².